The molecule has 0 spiro atoms. The molecule has 2 heterocycles. The minimum absolute atomic E-state index is 0.313. The molecule has 2 aromatic heterocycles. The fourth-order valence-corrected chi connectivity index (χ4v) is 10.6. The minimum atomic E-state index is 0.313. The Morgan fingerprint density at radius 1 is 0.364 bits per heavy atom. The number of aromatic nitrogens is 1. The molecule has 0 atom stereocenters. The molecule has 0 saturated heterocycles. The van der Waals surface area contributed by atoms with Crippen molar-refractivity contribution in [3.05, 3.63) is 206 Å². The van der Waals surface area contributed by atoms with Gasteiger partial charge in [-0.05, 0) is 18.2 Å². The summed E-state index contributed by atoms with van der Waals surface area (Å²) in [6.07, 6.45) is 0. The summed E-state index contributed by atoms with van der Waals surface area (Å²) in [5.41, 5.74) is 11.8. The second kappa shape index (κ2) is 13.0. The van der Waals surface area contributed by atoms with Crippen LogP contribution in [0, 0.1) is 0 Å². The van der Waals surface area contributed by atoms with Gasteiger partial charge in [0.15, 0.2) is 0 Å². The van der Waals surface area contributed by atoms with Crippen LogP contribution in [0.1, 0.15) is 0 Å². The van der Waals surface area contributed by atoms with E-state index in [4.69, 9.17) is 0 Å². The van der Waals surface area contributed by atoms with E-state index in [9.17, 15) is 0 Å². The summed E-state index contributed by atoms with van der Waals surface area (Å²) in [6.45, 7) is 0. The van der Waals surface area contributed by atoms with Gasteiger partial charge in [-0.2, -0.15) is 0 Å². The van der Waals surface area contributed by atoms with Gasteiger partial charge in [0.1, 0.15) is 0 Å². The van der Waals surface area contributed by atoms with E-state index in [1.807, 2.05) is 0 Å². The number of hydrogen-bond acceptors (Lipinski definition) is 1. The summed E-state index contributed by atoms with van der Waals surface area (Å²) < 4.78 is 5.29. The first kappa shape index (κ1) is 31.8. The third-order valence-electron chi connectivity index (χ3n) is 11.0. The molecule has 11 rings (SSSR count). The molecule has 0 radical (unpaired) electrons. The first-order chi connectivity index (χ1) is 27.3. The van der Waals surface area contributed by atoms with Crippen LogP contribution in [0.15, 0.2) is 206 Å². The molecule has 0 saturated carbocycles. The van der Waals surface area contributed by atoms with E-state index in [2.05, 4.69) is 216 Å². The molecule has 0 bridgehead atoms. The van der Waals surface area contributed by atoms with Crippen molar-refractivity contribution in [1.82, 2.24) is 4.57 Å². The number of hydrogen-bond donors (Lipinski definition) is 0. The van der Waals surface area contributed by atoms with Crippen molar-refractivity contribution >= 4 is 83.4 Å². The maximum absolute atomic E-state index is 2.44. The first-order valence-electron chi connectivity index (χ1n) is 18.8. The molecule has 11 aromatic rings. The fraction of sp³-hybridized carbons (Fsp3) is 0. The van der Waals surface area contributed by atoms with E-state index in [0.29, 0.717) is 14.5 Å². The predicted octanol–water partition coefficient (Wildman–Crippen LogP) is 14.1. The molecule has 9 aromatic carbocycles. The zero-order valence-electron chi connectivity index (χ0n) is 29.9. The Kier molecular flexibility index (Phi) is 7.55. The first-order valence-corrected chi connectivity index (χ1v) is 20.5. The van der Waals surface area contributed by atoms with Crippen LogP contribution < -0.4 is 4.90 Å². The van der Waals surface area contributed by atoms with E-state index < -0.39 is 0 Å². The van der Waals surface area contributed by atoms with Gasteiger partial charge in [0.25, 0.3) is 0 Å². The summed E-state index contributed by atoms with van der Waals surface area (Å²) in [5, 5.41) is 7.72. The summed E-state index contributed by atoms with van der Waals surface area (Å²) in [6, 6.07) is 75.7. The molecule has 0 aliphatic rings. The molecule has 0 fully saturated rings. The van der Waals surface area contributed by atoms with Gasteiger partial charge >= 0.3 is 240 Å². The zero-order valence-corrected chi connectivity index (χ0v) is 31.6. The Hall–Kier alpha value is -6.64. The second-order valence-electron chi connectivity index (χ2n) is 14.2. The van der Waals surface area contributed by atoms with E-state index in [0.717, 1.165) is 17.1 Å². The summed E-state index contributed by atoms with van der Waals surface area (Å²) in [4.78, 5) is 2.44. The van der Waals surface area contributed by atoms with Crippen molar-refractivity contribution in [1.29, 1.82) is 0 Å². The smallest absolute Gasteiger partial charge is 0.0602 e. The number of nitrogens with zero attached hydrogens (tertiary/aromatic N) is 2. The van der Waals surface area contributed by atoms with E-state index in [1.165, 1.54) is 79.8 Å². The Bertz CT molecular complexity index is 3210. The number of benzene rings is 9. The van der Waals surface area contributed by atoms with Crippen LogP contribution in [-0.2, 0) is 0 Å². The van der Waals surface area contributed by atoms with Crippen molar-refractivity contribution in [2.45, 2.75) is 0 Å². The van der Waals surface area contributed by atoms with Gasteiger partial charge in [-0.25, -0.2) is 0 Å². The van der Waals surface area contributed by atoms with Crippen molar-refractivity contribution < 1.29 is 0 Å². The van der Waals surface area contributed by atoms with Gasteiger partial charge in [-0.3, -0.25) is 0 Å². The number of anilines is 3. The minimum Gasteiger partial charge on any atom is -0.0602 e. The summed E-state index contributed by atoms with van der Waals surface area (Å²) in [7, 11) is 0. The molecule has 3 heteroatoms. The van der Waals surface area contributed by atoms with Gasteiger partial charge in [0.2, 0.25) is 0 Å². The van der Waals surface area contributed by atoms with E-state index >= 15 is 0 Å². The van der Waals surface area contributed by atoms with Gasteiger partial charge in [-0.15, -0.1) is 0 Å². The average Bonchev–Trinajstić information content (AvgIpc) is 3.79. The molecule has 0 aliphatic carbocycles. The molecule has 0 aliphatic heterocycles. The maximum atomic E-state index is 2.44. The molecule has 2 nitrogen and oxygen atoms in total. The topological polar surface area (TPSA) is 8.17 Å². The monoisotopic (exact) mass is 766 g/mol. The Labute approximate surface area is 325 Å². The van der Waals surface area contributed by atoms with Crippen molar-refractivity contribution in [2.75, 3.05) is 4.90 Å². The van der Waals surface area contributed by atoms with Crippen LogP contribution in [0.3, 0.4) is 0 Å². The summed E-state index contributed by atoms with van der Waals surface area (Å²) in [5.74, 6) is 0. The molecule has 55 heavy (non-hydrogen) atoms. The van der Waals surface area contributed by atoms with Crippen LogP contribution in [0.4, 0.5) is 17.1 Å². The summed E-state index contributed by atoms with van der Waals surface area (Å²) >= 11 is 0.313. The van der Waals surface area contributed by atoms with Crippen molar-refractivity contribution in [3.63, 3.8) is 0 Å². The number of rotatable bonds is 6. The molecule has 258 valence electrons. The fourth-order valence-electron chi connectivity index (χ4n) is 8.36. The van der Waals surface area contributed by atoms with Gasteiger partial charge < -0.3 is 4.57 Å². The van der Waals surface area contributed by atoms with Crippen LogP contribution in [0.5, 0.6) is 0 Å². The SMILES string of the molecule is c1ccc(-n2c3ccccc3c3ccc(-c4ccc(N(c5ccc6[se]c7ccccc7c6c5)c5ccccc5-c5ccc6ccccc6c5)cc4)cc32)cc1. The Balaban J connectivity index is 1.07. The molecule has 0 N–H and O–H groups in total. The molecular weight excluding hydrogens is 732 g/mol. The Morgan fingerprint density at radius 3 is 1.91 bits per heavy atom. The van der Waals surface area contributed by atoms with Crippen molar-refractivity contribution in [3.8, 4) is 27.9 Å². The Morgan fingerprint density at radius 2 is 1.02 bits per heavy atom. The third-order valence-corrected chi connectivity index (χ3v) is 13.4. The van der Waals surface area contributed by atoms with Gasteiger partial charge in [-0.1, -0.05) is 42.5 Å². The molecule has 0 unspecified atom stereocenters. The number of para-hydroxylation sites is 3. The van der Waals surface area contributed by atoms with E-state index in [1.54, 1.807) is 0 Å². The van der Waals surface area contributed by atoms with Crippen LogP contribution in [-0.4, -0.2) is 19.1 Å². The normalized spacial score (nSPS) is 11.6. The quantitative estimate of drug-likeness (QED) is 0.153. The van der Waals surface area contributed by atoms with Crippen LogP contribution in [0.25, 0.3) is 79.8 Å². The zero-order chi connectivity index (χ0) is 36.3. The second-order valence-corrected chi connectivity index (χ2v) is 16.4. The van der Waals surface area contributed by atoms with Crippen LogP contribution >= 0.6 is 0 Å². The average molecular weight is 766 g/mol. The number of fused-ring (bicyclic) bond motifs is 7. The molecule has 0 amide bonds. The van der Waals surface area contributed by atoms with Crippen LogP contribution in [0.2, 0.25) is 0 Å². The predicted molar refractivity (Wildman–Crippen MR) is 236 cm³/mol. The third kappa shape index (κ3) is 5.40. The molecular formula is C52H34N2Se. The van der Waals surface area contributed by atoms with Gasteiger partial charge in [0, 0.05) is 16.5 Å². The van der Waals surface area contributed by atoms with E-state index in [-0.39, 0.29) is 0 Å². The standard InChI is InChI=1S/C52H34N2Se/c1-2-14-40(15-3-1)54-49-20-10-7-17-44(49)45-30-26-38(33-50(45)54)36-24-27-41(28-25-36)53(42-29-31-52-47(34-42)46-18-8-11-21-51(46)55-52)48-19-9-6-16-43(48)39-23-22-35-12-4-5-13-37(35)32-39/h1-34H. The van der Waals surface area contributed by atoms with Gasteiger partial charge in [0.05, 0.1) is 5.52 Å². The van der Waals surface area contributed by atoms with Crippen molar-refractivity contribution in [2.24, 2.45) is 0 Å².